The van der Waals surface area contributed by atoms with Crippen LogP contribution >= 0.6 is 0 Å². The second-order valence-corrected chi connectivity index (χ2v) is 12.8. The highest BCUT2D eigenvalue weighted by molar-refractivity contribution is 7.92. The number of amides is 2. The fourth-order valence-electron chi connectivity index (χ4n) is 6.31. The van der Waals surface area contributed by atoms with Gasteiger partial charge in [0.05, 0.1) is 28.9 Å². The molecule has 2 amide bonds. The van der Waals surface area contributed by atoms with Gasteiger partial charge in [-0.1, -0.05) is 13.8 Å². The van der Waals surface area contributed by atoms with Crippen LogP contribution in [0.1, 0.15) is 55.2 Å². The van der Waals surface area contributed by atoms with Crippen LogP contribution in [-0.2, 0) is 26.8 Å². The first-order valence-corrected chi connectivity index (χ1v) is 15.0. The second-order valence-electron chi connectivity index (χ2n) is 11.0. The molecule has 3 aromatic rings. The number of rotatable bonds is 6. The quantitative estimate of drug-likeness (QED) is 0.465. The molecule has 41 heavy (non-hydrogen) atoms. The van der Waals surface area contributed by atoms with Gasteiger partial charge in [-0.15, -0.1) is 0 Å². The molecular weight excluding hydrogens is 550 g/mol. The van der Waals surface area contributed by atoms with Crippen molar-refractivity contribution in [3.05, 3.63) is 89.2 Å². The number of anilines is 1. The third kappa shape index (κ3) is 5.07. The van der Waals surface area contributed by atoms with Gasteiger partial charge >= 0.3 is 0 Å². The monoisotopic (exact) mass is 582 g/mol. The molecule has 216 valence electrons. The number of pyridine rings is 1. The van der Waals surface area contributed by atoms with Crippen molar-refractivity contribution in [3.8, 4) is 0 Å². The molecule has 2 aromatic carbocycles. The number of nitrogens with one attached hydrogen (secondary N) is 1. The van der Waals surface area contributed by atoms with Crippen molar-refractivity contribution >= 4 is 27.5 Å². The zero-order chi connectivity index (χ0) is 29.5. The standard InChI is InChI=1S/C30H32F2N4O4S/c1-19(2)28-30(12-15-35(16-13-30)20(3)37)24-17-21(29(38)34-18-26-25(32)5-4-14-33-26)6-11-27(24)36(28)41(39,40)23-9-7-22(31)8-10-23/h4-11,14,17,19,28H,12-13,15-16,18H2,1-3H3,(H,34,38). The summed E-state index contributed by atoms with van der Waals surface area (Å²) >= 11 is 0. The van der Waals surface area contributed by atoms with Crippen molar-refractivity contribution in [2.75, 3.05) is 17.4 Å². The molecule has 1 aromatic heterocycles. The first-order chi connectivity index (χ1) is 19.5. The van der Waals surface area contributed by atoms with Crippen molar-refractivity contribution < 1.29 is 26.8 Å². The molecule has 1 unspecified atom stereocenters. The molecule has 0 aliphatic carbocycles. The fraction of sp³-hybridized carbons (Fsp3) is 0.367. The molecule has 1 fully saturated rings. The van der Waals surface area contributed by atoms with E-state index in [1.165, 1.54) is 41.7 Å². The number of halogens is 2. The summed E-state index contributed by atoms with van der Waals surface area (Å²) in [6, 6.07) is 11.9. The molecule has 2 aliphatic rings. The van der Waals surface area contributed by atoms with Gasteiger partial charge in [-0.25, -0.2) is 17.2 Å². The number of nitrogens with zero attached hydrogens (tertiary/aromatic N) is 3. The molecule has 1 saturated heterocycles. The molecule has 1 atom stereocenters. The Hall–Kier alpha value is -3.86. The number of carbonyl (C=O) groups excluding carboxylic acids is 2. The van der Waals surface area contributed by atoms with Crippen LogP contribution in [0.5, 0.6) is 0 Å². The maximum Gasteiger partial charge on any atom is 0.264 e. The number of aromatic nitrogens is 1. The SMILES string of the molecule is CC(=O)N1CCC2(CC1)c1cc(C(=O)NCc3ncccc3F)ccc1N(S(=O)(=O)c1ccc(F)cc1)C2C(C)C. The van der Waals surface area contributed by atoms with Gasteiger partial charge in [0, 0.05) is 37.2 Å². The number of hydrogen-bond acceptors (Lipinski definition) is 5. The summed E-state index contributed by atoms with van der Waals surface area (Å²) in [4.78, 5) is 31.1. The van der Waals surface area contributed by atoms with E-state index >= 15 is 0 Å². The van der Waals surface area contributed by atoms with Crippen LogP contribution < -0.4 is 9.62 Å². The zero-order valence-corrected chi connectivity index (χ0v) is 23.9. The lowest BCUT2D eigenvalue weighted by molar-refractivity contribution is -0.130. The van der Waals surface area contributed by atoms with Gasteiger partial charge < -0.3 is 10.2 Å². The maximum atomic E-state index is 14.1. The van der Waals surface area contributed by atoms with Crippen LogP contribution in [0, 0.1) is 17.6 Å². The van der Waals surface area contributed by atoms with E-state index in [4.69, 9.17) is 0 Å². The summed E-state index contributed by atoms with van der Waals surface area (Å²) in [6.45, 7) is 6.20. The van der Waals surface area contributed by atoms with Crippen LogP contribution in [0.25, 0.3) is 0 Å². The minimum Gasteiger partial charge on any atom is -0.346 e. The summed E-state index contributed by atoms with van der Waals surface area (Å²) in [5, 5.41) is 2.71. The predicted octanol–water partition coefficient (Wildman–Crippen LogP) is 4.40. The summed E-state index contributed by atoms with van der Waals surface area (Å²) in [7, 11) is -4.12. The largest absolute Gasteiger partial charge is 0.346 e. The van der Waals surface area contributed by atoms with Crippen molar-refractivity contribution in [2.24, 2.45) is 5.92 Å². The van der Waals surface area contributed by atoms with E-state index < -0.39 is 39.0 Å². The Bertz CT molecular complexity index is 1590. The van der Waals surface area contributed by atoms with Crippen LogP contribution in [0.2, 0.25) is 0 Å². The summed E-state index contributed by atoms with van der Waals surface area (Å²) < 4.78 is 57.5. The van der Waals surface area contributed by atoms with E-state index in [9.17, 15) is 26.8 Å². The minimum absolute atomic E-state index is 0.0343. The van der Waals surface area contributed by atoms with Crippen molar-refractivity contribution in [1.29, 1.82) is 0 Å². The Morgan fingerprint density at radius 3 is 2.37 bits per heavy atom. The third-order valence-corrected chi connectivity index (χ3v) is 10.0. The number of hydrogen-bond donors (Lipinski definition) is 1. The third-order valence-electron chi connectivity index (χ3n) is 8.21. The van der Waals surface area contributed by atoms with Gasteiger partial charge in [-0.05, 0) is 78.9 Å². The Kier molecular flexibility index (Phi) is 7.58. The first kappa shape index (κ1) is 28.7. The Morgan fingerprint density at radius 2 is 1.76 bits per heavy atom. The molecule has 8 nitrogen and oxygen atoms in total. The zero-order valence-electron chi connectivity index (χ0n) is 23.1. The molecule has 3 heterocycles. The molecule has 2 aliphatic heterocycles. The fourth-order valence-corrected chi connectivity index (χ4v) is 8.18. The van der Waals surface area contributed by atoms with E-state index in [0.29, 0.717) is 42.7 Å². The van der Waals surface area contributed by atoms with Crippen molar-refractivity contribution in [1.82, 2.24) is 15.2 Å². The molecule has 11 heteroatoms. The highest BCUT2D eigenvalue weighted by Gasteiger charge is 2.56. The van der Waals surface area contributed by atoms with E-state index in [1.807, 2.05) is 13.8 Å². The van der Waals surface area contributed by atoms with E-state index in [2.05, 4.69) is 10.3 Å². The van der Waals surface area contributed by atoms with Crippen LogP contribution in [-0.4, -0.2) is 49.2 Å². The Balaban J connectivity index is 1.59. The lowest BCUT2D eigenvalue weighted by atomic mass is 9.66. The lowest BCUT2D eigenvalue weighted by Crippen LogP contribution is -2.55. The van der Waals surface area contributed by atoms with E-state index in [-0.39, 0.29) is 29.0 Å². The number of carbonyl (C=O) groups is 2. The Morgan fingerprint density at radius 1 is 1.07 bits per heavy atom. The van der Waals surface area contributed by atoms with E-state index in [1.54, 1.807) is 23.1 Å². The van der Waals surface area contributed by atoms with Gasteiger partial charge in [0.1, 0.15) is 11.6 Å². The topological polar surface area (TPSA) is 99.7 Å². The van der Waals surface area contributed by atoms with Crippen LogP contribution in [0.4, 0.5) is 14.5 Å². The van der Waals surface area contributed by atoms with Crippen LogP contribution in [0.15, 0.2) is 65.7 Å². The Labute approximate surface area is 238 Å². The lowest BCUT2D eigenvalue weighted by Gasteiger charge is -2.46. The first-order valence-electron chi connectivity index (χ1n) is 13.5. The number of sulfonamides is 1. The van der Waals surface area contributed by atoms with Gasteiger partial charge in [-0.3, -0.25) is 18.9 Å². The molecule has 1 spiro atoms. The number of likely N-dealkylation sites (tertiary alicyclic amines) is 1. The summed E-state index contributed by atoms with van der Waals surface area (Å²) in [5.74, 6) is -1.70. The highest BCUT2D eigenvalue weighted by Crippen LogP contribution is 2.55. The highest BCUT2D eigenvalue weighted by atomic mass is 32.2. The van der Waals surface area contributed by atoms with Crippen LogP contribution in [0.3, 0.4) is 0 Å². The van der Waals surface area contributed by atoms with E-state index in [0.717, 1.165) is 12.1 Å². The maximum absolute atomic E-state index is 14.1. The molecule has 0 radical (unpaired) electrons. The van der Waals surface area contributed by atoms with Crippen molar-refractivity contribution in [2.45, 2.75) is 56.5 Å². The van der Waals surface area contributed by atoms with Gasteiger partial charge in [0.25, 0.3) is 15.9 Å². The van der Waals surface area contributed by atoms with Crippen molar-refractivity contribution in [3.63, 3.8) is 0 Å². The molecule has 0 saturated carbocycles. The molecule has 1 N–H and O–H groups in total. The predicted molar refractivity (Wildman–Crippen MR) is 150 cm³/mol. The summed E-state index contributed by atoms with van der Waals surface area (Å²) in [5.41, 5.74) is 0.897. The average molecular weight is 583 g/mol. The smallest absolute Gasteiger partial charge is 0.264 e. The van der Waals surface area contributed by atoms with Gasteiger partial charge in [0.2, 0.25) is 5.91 Å². The summed E-state index contributed by atoms with van der Waals surface area (Å²) in [6.07, 6.45) is 2.45. The number of fused-ring (bicyclic) bond motifs is 2. The normalized spacial score (nSPS) is 18.0. The average Bonchev–Trinajstić information content (AvgIpc) is 3.23. The van der Waals surface area contributed by atoms with Gasteiger partial charge in [-0.2, -0.15) is 0 Å². The minimum atomic E-state index is -4.12. The molecular formula is C30H32F2N4O4S. The molecule has 5 rings (SSSR count). The van der Waals surface area contributed by atoms with Gasteiger partial charge in [0.15, 0.2) is 0 Å². The number of piperidine rings is 1. The second kappa shape index (κ2) is 10.8. The number of benzene rings is 2. The molecule has 0 bridgehead atoms.